The number of nitrogens with zero attached hydrogens (tertiary/aromatic N) is 1. The number of ketones is 1. The Balaban J connectivity index is 2.14. The fraction of sp³-hybridized carbons (Fsp3) is 0.231. The summed E-state index contributed by atoms with van der Waals surface area (Å²) in [5, 5.41) is 13.8. The number of nitrogens with two attached hydrogens (primary N) is 1. The molecule has 0 bridgehead atoms. The monoisotopic (exact) mass is 228 g/mol. The average molecular weight is 228 g/mol. The molecule has 1 aromatic carbocycles. The molecule has 86 valence electrons. The number of rotatable bonds is 2. The van der Waals surface area contributed by atoms with Gasteiger partial charge in [0.15, 0.2) is 5.78 Å². The third-order valence-electron chi connectivity index (χ3n) is 3.25. The first-order valence-corrected chi connectivity index (χ1v) is 5.59. The maximum absolute atomic E-state index is 12.2. The first-order chi connectivity index (χ1) is 8.24. The van der Waals surface area contributed by atoms with Crippen molar-refractivity contribution >= 4 is 17.3 Å². The number of hydrazone groups is 1. The molecule has 0 radical (unpaired) electrons. The molecule has 0 saturated heterocycles. The van der Waals surface area contributed by atoms with Crippen molar-refractivity contribution in [1.82, 2.24) is 0 Å². The lowest BCUT2D eigenvalue weighted by atomic mass is 10.0. The highest BCUT2D eigenvalue weighted by molar-refractivity contribution is 6.36. The van der Waals surface area contributed by atoms with Crippen molar-refractivity contribution in [1.29, 1.82) is 0 Å². The molecule has 3 N–H and O–H groups in total. The number of fused-ring (bicyclic) bond motifs is 1. The Hall–Kier alpha value is -2.10. The van der Waals surface area contributed by atoms with Gasteiger partial charge in [0.2, 0.25) is 0 Å². The molecular formula is C13H12N2O2. The van der Waals surface area contributed by atoms with E-state index in [1.165, 1.54) is 0 Å². The van der Waals surface area contributed by atoms with E-state index in [0.717, 1.165) is 12.8 Å². The minimum atomic E-state index is -0.172. The Morgan fingerprint density at radius 2 is 1.94 bits per heavy atom. The summed E-state index contributed by atoms with van der Waals surface area (Å²) in [4.78, 5) is 12.2. The standard InChI is InChI=1S/C13H12N2O2/c14-15-11(7-5-6-7)10-12(16)8-3-1-2-4-9(8)13(10)17/h1-4,7,16H,5-6,14H2. The molecule has 2 aliphatic rings. The summed E-state index contributed by atoms with van der Waals surface area (Å²) in [6.07, 6.45) is 1.97. The van der Waals surface area contributed by atoms with Crippen molar-refractivity contribution in [2.45, 2.75) is 12.8 Å². The highest BCUT2D eigenvalue weighted by Crippen LogP contribution is 2.39. The quantitative estimate of drug-likeness (QED) is 0.461. The van der Waals surface area contributed by atoms with E-state index in [9.17, 15) is 9.90 Å². The van der Waals surface area contributed by atoms with Crippen molar-refractivity contribution < 1.29 is 9.90 Å². The van der Waals surface area contributed by atoms with Crippen LogP contribution in [0.3, 0.4) is 0 Å². The Bertz CT molecular complexity index is 569. The zero-order chi connectivity index (χ0) is 12.0. The topological polar surface area (TPSA) is 75.7 Å². The number of allylic oxidation sites excluding steroid dienone is 1. The van der Waals surface area contributed by atoms with Gasteiger partial charge in [0, 0.05) is 17.0 Å². The minimum absolute atomic E-state index is 0.0155. The SMILES string of the molecule is NN=C(C1=C(O)c2ccccc2C1=O)C1CC1. The Kier molecular flexibility index (Phi) is 2.04. The average Bonchev–Trinajstić information content (AvgIpc) is 3.15. The zero-order valence-electron chi connectivity index (χ0n) is 9.18. The van der Waals surface area contributed by atoms with Crippen LogP contribution in [0.1, 0.15) is 28.8 Å². The predicted octanol–water partition coefficient (Wildman–Crippen LogP) is 1.88. The van der Waals surface area contributed by atoms with E-state index < -0.39 is 0 Å². The summed E-state index contributed by atoms with van der Waals surface area (Å²) >= 11 is 0. The lowest BCUT2D eigenvalue weighted by Gasteiger charge is -2.03. The van der Waals surface area contributed by atoms with Crippen LogP contribution in [0, 0.1) is 5.92 Å². The molecule has 0 aromatic heterocycles. The highest BCUT2D eigenvalue weighted by atomic mass is 16.3. The van der Waals surface area contributed by atoms with Crippen LogP contribution in [0.25, 0.3) is 5.76 Å². The van der Waals surface area contributed by atoms with Crippen LogP contribution in [-0.4, -0.2) is 16.6 Å². The van der Waals surface area contributed by atoms with Gasteiger partial charge in [0.1, 0.15) is 5.76 Å². The Labute approximate surface area is 98.4 Å². The second-order valence-electron chi connectivity index (χ2n) is 4.39. The van der Waals surface area contributed by atoms with Crippen molar-refractivity contribution in [2.75, 3.05) is 0 Å². The van der Waals surface area contributed by atoms with Crippen molar-refractivity contribution in [3.05, 3.63) is 41.0 Å². The molecule has 1 fully saturated rings. The number of carbonyl (C=O) groups excluding carboxylic acids is 1. The number of aliphatic hydroxyl groups is 1. The van der Waals surface area contributed by atoms with E-state index in [4.69, 9.17) is 5.84 Å². The molecule has 4 heteroatoms. The Morgan fingerprint density at radius 1 is 1.29 bits per heavy atom. The first-order valence-electron chi connectivity index (χ1n) is 5.59. The van der Waals surface area contributed by atoms with E-state index in [1.807, 2.05) is 0 Å². The molecule has 17 heavy (non-hydrogen) atoms. The summed E-state index contributed by atoms with van der Waals surface area (Å²) in [7, 11) is 0. The van der Waals surface area contributed by atoms with Crippen LogP contribution in [0.2, 0.25) is 0 Å². The molecule has 0 aliphatic heterocycles. The highest BCUT2D eigenvalue weighted by Gasteiger charge is 2.39. The summed E-state index contributed by atoms with van der Waals surface area (Å²) in [5.74, 6) is 5.42. The normalized spacial score (nSPS) is 19.8. The van der Waals surface area contributed by atoms with Gasteiger partial charge in [0.25, 0.3) is 0 Å². The molecule has 2 aliphatic carbocycles. The molecule has 1 aromatic rings. The molecular weight excluding hydrogens is 216 g/mol. The number of hydrogen-bond donors (Lipinski definition) is 2. The van der Waals surface area contributed by atoms with E-state index in [-0.39, 0.29) is 23.0 Å². The third-order valence-corrected chi connectivity index (χ3v) is 3.25. The van der Waals surface area contributed by atoms with Crippen molar-refractivity contribution in [2.24, 2.45) is 16.9 Å². The molecule has 0 unspecified atom stereocenters. The summed E-state index contributed by atoms with van der Waals surface area (Å²) < 4.78 is 0. The number of aliphatic hydroxyl groups excluding tert-OH is 1. The van der Waals surface area contributed by atoms with Gasteiger partial charge in [-0.3, -0.25) is 4.79 Å². The van der Waals surface area contributed by atoms with Gasteiger partial charge in [-0.25, -0.2) is 0 Å². The van der Waals surface area contributed by atoms with Gasteiger partial charge in [-0.2, -0.15) is 5.10 Å². The van der Waals surface area contributed by atoms with Crippen LogP contribution < -0.4 is 5.84 Å². The van der Waals surface area contributed by atoms with Gasteiger partial charge < -0.3 is 10.9 Å². The van der Waals surface area contributed by atoms with Crippen molar-refractivity contribution in [3.63, 3.8) is 0 Å². The smallest absolute Gasteiger partial charge is 0.199 e. The molecule has 0 atom stereocenters. The fourth-order valence-corrected chi connectivity index (χ4v) is 2.23. The third kappa shape index (κ3) is 1.37. The number of benzene rings is 1. The van der Waals surface area contributed by atoms with E-state index in [0.29, 0.717) is 16.8 Å². The lowest BCUT2D eigenvalue weighted by Crippen LogP contribution is -2.14. The maximum Gasteiger partial charge on any atom is 0.199 e. The second-order valence-corrected chi connectivity index (χ2v) is 4.39. The van der Waals surface area contributed by atoms with Crippen LogP contribution in [0.5, 0.6) is 0 Å². The predicted molar refractivity (Wildman–Crippen MR) is 64.7 cm³/mol. The van der Waals surface area contributed by atoms with E-state index in [1.54, 1.807) is 24.3 Å². The molecule has 0 amide bonds. The number of hydrogen-bond acceptors (Lipinski definition) is 4. The molecule has 0 heterocycles. The van der Waals surface area contributed by atoms with Crippen LogP contribution >= 0.6 is 0 Å². The van der Waals surface area contributed by atoms with Gasteiger partial charge in [-0.15, -0.1) is 0 Å². The number of Topliss-reactive ketones (excluding diaryl/α,β-unsaturated/α-hetero) is 1. The fourth-order valence-electron chi connectivity index (χ4n) is 2.23. The maximum atomic E-state index is 12.2. The first kappa shape index (κ1) is 10.1. The molecule has 1 saturated carbocycles. The molecule has 3 rings (SSSR count). The minimum Gasteiger partial charge on any atom is -0.506 e. The van der Waals surface area contributed by atoms with Crippen LogP contribution in [0.15, 0.2) is 34.9 Å². The lowest BCUT2D eigenvalue weighted by molar-refractivity contribution is 0.104. The zero-order valence-corrected chi connectivity index (χ0v) is 9.18. The van der Waals surface area contributed by atoms with Gasteiger partial charge >= 0.3 is 0 Å². The van der Waals surface area contributed by atoms with E-state index >= 15 is 0 Å². The summed E-state index contributed by atoms with van der Waals surface area (Å²) in [6, 6.07) is 7.02. The largest absolute Gasteiger partial charge is 0.506 e. The van der Waals surface area contributed by atoms with Crippen LogP contribution in [-0.2, 0) is 0 Å². The number of carbonyl (C=O) groups is 1. The van der Waals surface area contributed by atoms with Crippen LogP contribution in [0.4, 0.5) is 0 Å². The summed E-state index contributed by atoms with van der Waals surface area (Å²) in [6.45, 7) is 0. The molecule has 4 nitrogen and oxygen atoms in total. The van der Waals surface area contributed by atoms with Crippen molar-refractivity contribution in [3.8, 4) is 0 Å². The Morgan fingerprint density at radius 3 is 2.47 bits per heavy atom. The van der Waals surface area contributed by atoms with Gasteiger partial charge in [-0.1, -0.05) is 24.3 Å². The van der Waals surface area contributed by atoms with E-state index in [2.05, 4.69) is 5.10 Å². The van der Waals surface area contributed by atoms with Gasteiger partial charge in [-0.05, 0) is 12.8 Å². The second kappa shape index (κ2) is 3.45. The summed E-state index contributed by atoms with van der Waals surface area (Å²) in [5.41, 5.74) is 1.94. The van der Waals surface area contributed by atoms with Gasteiger partial charge in [0.05, 0.1) is 11.3 Å². The molecule has 0 spiro atoms.